The second kappa shape index (κ2) is 3.17. The molecule has 0 radical (unpaired) electrons. The van der Waals surface area contributed by atoms with Crippen LogP contribution in [0.15, 0.2) is 20.7 Å². The van der Waals surface area contributed by atoms with Crippen molar-refractivity contribution >= 4 is 23.1 Å². The van der Waals surface area contributed by atoms with Crippen LogP contribution >= 0.6 is 0 Å². The summed E-state index contributed by atoms with van der Waals surface area (Å²) in [4.78, 5) is 0. The molecule has 4 nitrogen and oxygen atoms in total. The molecule has 0 aromatic rings. The highest BCUT2D eigenvalue weighted by Crippen LogP contribution is 1.87. The molecular weight excluding hydrogens is 92.3 g/mol. The molecule has 0 fully saturated rings. The van der Waals surface area contributed by atoms with Crippen molar-refractivity contribution in [2.45, 2.75) is 0 Å². The first-order chi connectivity index (χ1) is 2.50. The highest BCUT2D eigenvalue weighted by atomic mass is 24.3. The van der Waals surface area contributed by atoms with Crippen molar-refractivity contribution in [2.24, 2.45) is 20.7 Å². The quantitative estimate of drug-likeness (QED) is 0.377. The van der Waals surface area contributed by atoms with E-state index in [1.807, 2.05) is 0 Å². The molecule has 0 amide bonds. The fourth-order valence-corrected chi connectivity index (χ4v) is 0.141. The summed E-state index contributed by atoms with van der Waals surface area (Å²) in [5.74, 6) is 0. The van der Waals surface area contributed by atoms with E-state index in [0.717, 1.165) is 0 Å². The van der Waals surface area contributed by atoms with Gasteiger partial charge in [0.2, 0.25) is 0 Å². The molecule has 0 aromatic carbocycles. The van der Waals surface area contributed by atoms with Gasteiger partial charge in [-0.1, -0.05) is 0 Å². The molecule has 1 aliphatic rings. The van der Waals surface area contributed by atoms with Crippen LogP contribution in [-0.4, -0.2) is 29.7 Å². The minimum atomic E-state index is 0. The summed E-state index contributed by atoms with van der Waals surface area (Å²) in [5, 5.41) is 13.1. The first-order valence-electron chi connectivity index (χ1n) is 1.23. The van der Waals surface area contributed by atoms with Crippen LogP contribution < -0.4 is 0 Å². The molecular formula is CH4MgN4. The van der Waals surface area contributed by atoms with E-state index in [4.69, 9.17) is 0 Å². The Hall–Kier alpha value is -0.0338. The van der Waals surface area contributed by atoms with Crippen molar-refractivity contribution in [3.05, 3.63) is 0 Å². The van der Waals surface area contributed by atoms with Crippen LogP contribution in [0.25, 0.3) is 0 Å². The van der Waals surface area contributed by atoms with Gasteiger partial charge in [0.05, 0.1) is 0 Å². The summed E-state index contributed by atoms with van der Waals surface area (Å²) in [6.07, 6.45) is 0. The Morgan fingerprint density at radius 1 is 1.00 bits per heavy atom. The number of rotatable bonds is 0. The first kappa shape index (κ1) is 5.97. The lowest BCUT2D eigenvalue weighted by Gasteiger charge is -1.52. The zero-order valence-corrected chi connectivity index (χ0v) is 2.50. The Labute approximate surface area is 50.9 Å². The predicted molar refractivity (Wildman–Crippen MR) is 23.1 cm³/mol. The van der Waals surface area contributed by atoms with Gasteiger partial charge < -0.3 is 0 Å². The molecule has 30 valence electrons. The lowest BCUT2D eigenvalue weighted by Crippen LogP contribution is -1.52. The van der Waals surface area contributed by atoms with Crippen molar-refractivity contribution in [1.29, 1.82) is 0 Å². The van der Waals surface area contributed by atoms with Gasteiger partial charge in [0.1, 0.15) is 0 Å². The van der Waals surface area contributed by atoms with E-state index in [0.29, 0.717) is 6.67 Å². The van der Waals surface area contributed by atoms with Crippen molar-refractivity contribution in [2.75, 3.05) is 6.67 Å². The molecule has 1 heterocycles. The van der Waals surface area contributed by atoms with Gasteiger partial charge in [-0.15, -0.1) is 10.2 Å². The van der Waals surface area contributed by atoms with Crippen LogP contribution in [0.2, 0.25) is 0 Å². The fourth-order valence-electron chi connectivity index (χ4n) is 0.141. The predicted octanol–water partition coefficient (Wildman–Crippen LogP) is -0.139. The van der Waals surface area contributed by atoms with Gasteiger partial charge in [0.15, 0.2) is 6.67 Å². The van der Waals surface area contributed by atoms with Gasteiger partial charge in [-0.25, -0.2) is 0 Å². The van der Waals surface area contributed by atoms with E-state index in [9.17, 15) is 0 Å². The number of hydrogen-bond donors (Lipinski definition) is 0. The summed E-state index contributed by atoms with van der Waals surface area (Å²) in [7, 11) is 0. The van der Waals surface area contributed by atoms with Crippen LogP contribution in [0, 0.1) is 0 Å². The minimum Gasteiger partial charge on any atom is -0.142 e. The van der Waals surface area contributed by atoms with Crippen molar-refractivity contribution in [3.8, 4) is 0 Å². The Morgan fingerprint density at radius 2 is 1.50 bits per heavy atom. The Bertz CT molecular complexity index is 65.6. The molecule has 0 atom stereocenters. The average Bonchev–Trinajstić information content (AvgIpc) is 1.76. The molecule has 0 saturated heterocycles. The van der Waals surface area contributed by atoms with E-state index in [1.165, 1.54) is 0 Å². The van der Waals surface area contributed by atoms with Crippen LogP contribution in [0.3, 0.4) is 0 Å². The van der Waals surface area contributed by atoms with Crippen LogP contribution in [0.5, 0.6) is 0 Å². The van der Waals surface area contributed by atoms with E-state index in [2.05, 4.69) is 20.7 Å². The highest BCUT2D eigenvalue weighted by molar-refractivity contribution is 5.75. The number of nitrogens with zero attached hydrogens (tertiary/aromatic N) is 4. The van der Waals surface area contributed by atoms with Gasteiger partial charge in [-0.05, 0) is 10.4 Å². The summed E-state index contributed by atoms with van der Waals surface area (Å²) in [6, 6.07) is 0. The van der Waals surface area contributed by atoms with Crippen LogP contribution in [0.1, 0.15) is 0 Å². The molecule has 5 heteroatoms. The van der Waals surface area contributed by atoms with Crippen LogP contribution in [-0.2, 0) is 0 Å². The lowest BCUT2D eigenvalue weighted by atomic mass is 11.2. The van der Waals surface area contributed by atoms with Gasteiger partial charge in [0, 0.05) is 0 Å². The summed E-state index contributed by atoms with van der Waals surface area (Å²) in [5.41, 5.74) is 0. The maximum Gasteiger partial charge on any atom is 0.316 e. The fraction of sp³-hybridized carbons (Fsp3) is 1.00. The topological polar surface area (TPSA) is 49.4 Å². The van der Waals surface area contributed by atoms with E-state index in [1.54, 1.807) is 0 Å². The molecule has 0 saturated carbocycles. The largest absolute Gasteiger partial charge is 0.316 e. The van der Waals surface area contributed by atoms with E-state index in [-0.39, 0.29) is 23.1 Å². The lowest BCUT2D eigenvalue weighted by molar-refractivity contribution is 1.05. The number of hydrogen-bond acceptors (Lipinski definition) is 4. The Balaban J connectivity index is 0.000000250. The van der Waals surface area contributed by atoms with Gasteiger partial charge >= 0.3 is 23.1 Å². The summed E-state index contributed by atoms with van der Waals surface area (Å²) in [6.45, 7) is 0.417. The zero-order chi connectivity index (χ0) is 3.54. The molecule has 0 N–H and O–H groups in total. The summed E-state index contributed by atoms with van der Waals surface area (Å²) < 4.78 is 0. The molecule has 0 aliphatic carbocycles. The van der Waals surface area contributed by atoms with Crippen molar-refractivity contribution < 1.29 is 0 Å². The smallest absolute Gasteiger partial charge is 0.142 e. The molecule has 0 unspecified atom stereocenters. The third-order valence-corrected chi connectivity index (χ3v) is 0.293. The highest BCUT2D eigenvalue weighted by Gasteiger charge is 1.76. The van der Waals surface area contributed by atoms with Gasteiger partial charge in [-0.3, -0.25) is 0 Å². The maximum absolute atomic E-state index is 3.38. The van der Waals surface area contributed by atoms with Crippen molar-refractivity contribution in [3.63, 3.8) is 0 Å². The minimum absolute atomic E-state index is 0. The van der Waals surface area contributed by atoms with Crippen LogP contribution in [0.4, 0.5) is 0 Å². The van der Waals surface area contributed by atoms with Gasteiger partial charge in [0.25, 0.3) is 0 Å². The Kier molecular flexibility index (Phi) is 3.15. The molecule has 6 heavy (non-hydrogen) atoms. The molecule has 0 spiro atoms. The molecule has 1 rings (SSSR count). The zero-order valence-electron chi connectivity index (χ0n) is 2.50. The van der Waals surface area contributed by atoms with Gasteiger partial charge in [-0.2, -0.15) is 0 Å². The van der Waals surface area contributed by atoms with E-state index >= 15 is 0 Å². The summed E-state index contributed by atoms with van der Waals surface area (Å²) >= 11 is 0. The second-order valence-corrected chi connectivity index (χ2v) is 0.603. The third-order valence-electron chi connectivity index (χ3n) is 0.293. The SMILES string of the molecule is C1N=NN=N1.[MgH2]. The Morgan fingerprint density at radius 3 is 1.67 bits per heavy atom. The second-order valence-electron chi connectivity index (χ2n) is 0.603. The third kappa shape index (κ3) is 1.41. The molecule has 0 aromatic heterocycles. The maximum atomic E-state index is 3.38. The standard InChI is InChI=1S/CH2N4.Mg.2H/c1-2-4-5-3-1;;;/h1H2;;;. The molecule has 0 bridgehead atoms. The van der Waals surface area contributed by atoms with Crippen molar-refractivity contribution in [1.82, 2.24) is 0 Å². The monoisotopic (exact) mass is 96.0 g/mol. The van der Waals surface area contributed by atoms with E-state index < -0.39 is 0 Å². The molecule has 1 aliphatic heterocycles. The first-order valence-corrected chi connectivity index (χ1v) is 1.23. The normalized spacial score (nSPS) is 14.7. The average molecular weight is 96.4 g/mol.